The Kier molecular flexibility index (Phi) is 50.0. The van der Waals surface area contributed by atoms with Gasteiger partial charge in [0.1, 0.15) is 13.2 Å². The van der Waals surface area contributed by atoms with Crippen molar-refractivity contribution in [2.75, 3.05) is 13.2 Å². The lowest BCUT2D eigenvalue weighted by Crippen LogP contribution is -2.30. The first kappa shape index (κ1) is 61.3. The van der Waals surface area contributed by atoms with Crippen LogP contribution in [-0.4, -0.2) is 37.2 Å². The predicted octanol–water partition coefficient (Wildman–Crippen LogP) is 17.8. The summed E-state index contributed by atoms with van der Waals surface area (Å²) in [5, 5.41) is 0. The maximum absolute atomic E-state index is 12.8. The normalized spacial score (nSPS) is 12.8. The smallest absolute Gasteiger partial charge is 0.306 e. The van der Waals surface area contributed by atoms with Crippen LogP contribution >= 0.6 is 0 Å². The van der Waals surface area contributed by atoms with Crippen LogP contribution in [0.5, 0.6) is 0 Å². The molecule has 65 heavy (non-hydrogen) atoms. The Morgan fingerprint density at radius 1 is 0.323 bits per heavy atom. The van der Waals surface area contributed by atoms with Gasteiger partial charge in [0.05, 0.1) is 0 Å². The molecule has 0 aliphatic rings. The van der Waals surface area contributed by atoms with Crippen LogP contribution in [0.1, 0.15) is 239 Å². The van der Waals surface area contributed by atoms with E-state index in [0.29, 0.717) is 19.3 Å². The molecule has 0 spiro atoms. The summed E-state index contributed by atoms with van der Waals surface area (Å²) >= 11 is 0. The molecule has 0 saturated carbocycles. The van der Waals surface area contributed by atoms with Crippen LogP contribution in [0.2, 0.25) is 0 Å². The van der Waals surface area contributed by atoms with Crippen molar-refractivity contribution >= 4 is 17.9 Å². The maximum atomic E-state index is 12.8. The first-order chi connectivity index (χ1) is 32.0. The molecule has 1 unspecified atom stereocenters. The fourth-order valence-electron chi connectivity index (χ4n) is 7.29. The van der Waals surface area contributed by atoms with Crippen molar-refractivity contribution in [2.45, 2.75) is 245 Å². The molecule has 1 atom stereocenters. The molecule has 0 bridgehead atoms. The SMILES string of the molecule is CC\C=C/C=C\C=C/C=C\C=C/CCCCCC(=O)OC(COC(=O)CCCCCCCCC\C=C/C=C\C=C/CC)COC(=O)CCCCCCCCCCCCCCCCCCC. The molecule has 0 fully saturated rings. The number of carbonyl (C=O) groups excluding carboxylic acids is 3. The van der Waals surface area contributed by atoms with E-state index >= 15 is 0 Å². The Morgan fingerprint density at radius 2 is 0.600 bits per heavy atom. The Bertz CT molecular complexity index is 1310. The van der Waals surface area contributed by atoms with E-state index in [1.807, 2.05) is 48.6 Å². The second-order valence-electron chi connectivity index (χ2n) is 17.6. The van der Waals surface area contributed by atoms with Crippen molar-refractivity contribution in [2.24, 2.45) is 0 Å². The molecule has 0 aliphatic heterocycles. The topological polar surface area (TPSA) is 78.9 Å². The molecule has 6 nitrogen and oxygen atoms in total. The van der Waals surface area contributed by atoms with Gasteiger partial charge in [-0.1, -0.05) is 259 Å². The molecule has 0 saturated heterocycles. The van der Waals surface area contributed by atoms with Gasteiger partial charge in [0.25, 0.3) is 0 Å². The van der Waals surface area contributed by atoms with Gasteiger partial charge in [-0.3, -0.25) is 14.4 Å². The summed E-state index contributed by atoms with van der Waals surface area (Å²) in [6.45, 7) is 6.33. The van der Waals surface area contributed by atoms with Gasteiger partial charge in [-0.15, -0.1) is 0 Å². The Hall–Kier alpha value is -3.67. The molecule has 0 aromatic heterocycles. The van der Waals surface area contributed by atoms with Crippen molar-refractivity contribution in [1.82, 2.24) is 0 Å². The molecule has 0 heterocycles. The minimum absolute atomic E-state index is 0.0979. The first-order valence-electron chi connectivity index (χ1n) is 26.8. The van der Waals surface area contributed by atoms with Crippen molar-refractivity contribution in [3.05, 3.63) is 97.2 Å². The highest BCUT2D eigenvalue weighted by Crippen LogP contribution is 2.16. The fourth-order valence-corrected chi connectivity index (χ4v) is 7.29. The van der Waals surface area contributed by atoms with E-state index in [9.17, 15) is 14.4 Å². The van der Waals surface area contributed by atoms with Gasteiger partial charge in [-0.25, -0.2) is 0 Å². The van der Waals surface area contributed by atoms with E-state index < -0.39 is 6.10 Å². The third-order valence-corrected chi connectivity index (χ3v) is 11.3. The summed E-state index contributed by atoms with van der Waals surface area (Å²) in [5.41, 5.74) is 0. The van der Waals surface area contributed by atoms with E-state index in [1.165, 1.54) is 116 Å². The number of allylic oxidation sites excluding steroid dienone is 16. The minimum atomic E-state index is -0.804. The molecule has 0 radical (unpaired) electrons. The van der Waals surface area contributed by atoms with Gasteiger partial charge in [0.15, 0.2) is 6.10 Å². The summed E-state index contributed by atoms with van der Waals surface area (Å²) in [4.78, 5) is 38.1. The lowest BCUT2D eigenvalue weighted by Gasteiger charge is -2.18. The quantitative estimate of drug-likeness (QED) is 0.0262. The molecule has 6 heteroatoms. The zero-order chi connectivity index (χ0) is 47.2. The van der Waals surface area contributed by atoms with Crippen LogP contribution in [0.4, 0.5) is 0 Å². The van der Waals surface area contributed by atoms with Gasteiger partial charge in [-0.2, -0.15) is 0 Å². The molecular weight excluding hydrogens is 805 g/mol. The van der Waals surface area contributed by atoms with Crippen molar-refractivity contribution < 1.29 is 28.6 Å². The monoisotopic (exact) mass is 903 g/mol. The molecule has 0 rings (SSSR count). The Balaban J connectivity index is 4.46. The van der Waals surface area contributed by atoms with Crippen LogP contribution < -0.4 is 0 Å². The molecule has 0 N–H and O–H groups in total. The lowest BCUT2D eigenvalue weighted by molar-refractivity contribution is -0.167. The average molecular weight is 903 g/mol. The number of esters is 3. The van der Waals surface area contributed by atoms with Crippen LogP contribution in [0.15, 0.2) is 97.2 Å². The lowest BCUT2D eigenvalue weighted by atomic mass is 10.0. The van der Waals surface area contributed by atoms with Crippen molar-refractivity contribution in [3.8, 4) is 0 Å². The average Bonchev–Trinajstić information content (AvgIpc) is 3.30. The molecule has 370 valence electrons. The van der Waals surface area contributed by atoms with E-state index in [0.717, 1.165) is 77.0 Å². The molecule has 0 aromatic rings. The number of hydrogen-bond acceptors (Lipinski definition) is 6. The summed E-state index contributed by atoms with van der Waals surface area (Å²) in [7, 11) is 0. The van der Waals surface area contributed by atoms with Crippen LogP contribution in [0, 0.1) is 0 Å². The molecular formula is C59H98O6. The van der Waals surface area contributed by atoms with Crippen LogP contribution in [-0.2, 0) is 28.6 Å². The number of ether oxygens (including phenoxy) is 3. The number of hydrogen-bond donors (Lipinski definition) is 0. The second kappa shape index (κ2) is 52.9. The summed E-state index contributed by atoms with van der Waals surface area (Å²) in [6.07, 6.45) is 69.6. The highest BCUT2D eigenvalue weighted by Gasteiger charge is 2.19. The summed E-state index contributed by atoms with van der Waals surface area (Å²) in [6, 6.07) is 0. The third-order valence-electron chi connectivity index (χ3n) is 11.3. The maximum Gasteiger partial charge on any atom is 0.306 e. The zero-order valence-corrected chi connectivity index (χ0v) is 42.2. The van der Waals surface area contributed by atoms with Gasteiger partial charge in [0, 0.05) is 19.3 Å². The largest absolute Gasteiger partial charge is 0.462 e. The van der Waals surface area contributed by atoms with E-state index in [1.54, 1.807) is 0 Å². The number of rotatable bonds is 47. The van der Waals surface area contributed by atoms with Crippen molar-refractivity contribution in [1.29, 1.82) is 0 Å². The highest BCUT2D eigenvalue weighted by molar-refractivity contribution is 5.71. The Morgan fingerprint density at radius 3 is 0.954 bits per heavy atom. The summed E-state index contributed by atoms with van der Waals surface area (Å²) < 4.78 is 16.8. The van der Waals surface area contributed by atoms with Gasteiger partial charge >= 0.3 is 17.9 Å². The van der Waals surface area contributed by atoms with Crippen LogP contribution in [0.3, 0.4) is 0 Å². The molecule has 0 aromatic carbocycles. The number of unbranched alkanes of at least 4 members (excludes halogenated alkanes) is 26. The predicted molar refractivity (Wildman–Crippen MR) is 279 cm³/mol. The van der Waals surface area contributed by atoms with Crippen LogP contribution in [0.25, 0.3) is 0 Å². The van der Waals surface area contributed by atoms with Crippen molar-refractivity contribution in [3.63, 3.8) is 0 Å². The van der Waals surface area contributed by atoms with Gasteiger partial charge in [0.2, 0.25) is 0 Å². The number of carbonyl (C=O) groups is 3. The third kappa shape index (κ3) is 51.2. The van der Waals surface area contributed by atoms with E-state index in [4.69, 9.17) is 14.2 Å². The zero-order valence-electron chi connectivity index (χ0n) is 42.2. The van der Waals surface area contributed by atoms with E-state index in [2.05, 4.69) is 69.4 Å². The van der Waals surface area contributed by atoms with E-state index in [-0.39, 0.29) is 37.5 Å². The summed E-state index contributed by atoms with van der Waals surface area (Å²) in [5.74, 6) is -0.951. The molecule has 0 amide bonds. The Labute approximate surface area is 400 Å². The second-order valence-corrected chi connectivity index (χ2v) is 17.6. The van der Waals surface area contributed by atoms with Gasteiger partial charge < -0.3 is 14.2 Å². The fraction of sp³-hybridized carbons (Fsp3) is 0.678. The highest BCUT2D eigenvalue weighted by atomic mass is 16.6. The van der Waals surface area contributed by atoms with Gasteiger partial charge in [-0.05, 0) is 57.8 Å². The molecule has 0 aliphatic carbocycles. The first-order valence-corrected chi connectivity index (χ1v) is 26.8. The standard InChI is InChI=1S/C59H98O6/c1-4-7-10-13-16-19-22-25-28-29-32-34-37-40-43-46-49-52-58(61)64-55-56(65-59(62)53-50-47-44-41-38-35-31-27-24-21-18-15-12-9-6-3)54-63-57(60)51-48-45-42-39-36-33-30-26-23-20-17-14-11-8-5-2/h8-9,11-12,14-15,17-18,20-21,23-24,27,31,35,38,56H,4-7,10,13,16,19,22,25-26,28-30,32-34,36-37,39-55H2,1-3H3/b11-8-,12-9-,17-14-,18-15-,23-20-,24-21-,31-27-,38-35-. The minimum Gasteiger partial charge on any atom is -0.462 e.